The maximum Gasteiger partial charge on any atom is 0.134 e. The van der Waals surface area contributed by atoms with Crippen LogP contribution < -0.4 is 10.1 Å². The van der Waals surface area contributed by atoms with Crippen molar-refractivity contribution in [2.75, 3.05) is 5.32 Å². The molecule has 2 aliphatic rings. The van der Waals surface area contributed by atoms with Gasteiger partial charge < -0.3 is 10.1 Å². The molecular formula is C51H34N2O. The Balaban J connectivity index is 1.13. The Labute approximate surface area is 314 Å². The van der Waals surface area contributed by atoms with Crippen LogP contribution in [0.15, 0.2) is 188 Å². The monoisotopic (exact) mass is 690 g/mol. The molecule has 11 rings (SSSR count). The van der Waals surface area contributed by atoms with Crippen molar-refractivity contribution in [3.8, 4) is 44.9 Å². The van der Waals surface area contributed by atoms with Gasteiger partial charge in [0.1, 0.15) is 17.3 Å². The average Bonchev–Trinajstić information content (AvgIpc) is 3.54. The Bertz CT molecular complexity index is 2870. The summed E-state index contributed by atoms with van der Waals surface area (Å²) < 4.78 is 6.71. The molecule has 1 aliphatic heterocycles. The minimum absolute atomic E-state index is 0.597. The van der Waals surface area contributed by atoms with Crippen molar-refractivity contribution in [3.63, 3.8) is 0 Å². The molecule has 0 atom stereocenters. The Morgan fingerprint density at radius 3 is 1.74 bits per heavy atom. The van der Waals surface area contributed by atoms with E-state index in [1.54, 1.807) is 0 Å². The highest BCUT2D eigenvalue weighted by Crippen LogP contribution is 2.64. The third kappa shape index (κ3) is 4.45. The number of rotatable bonds is 5. The number of benzene rings is 8. The summed E-state index contributed by atoms with van der Waals surface area (Å²) >= 11 is 0. The van der Waals surface area contributed by atoms with E-state index < -0.39 is 5.41 Å². The zero-order valence-corrected chi connectivity index (χ0v) is 29.5. The molecule has 9 aromatic rings. The SMILES string of the molecule is c1ccc(-c2cnc(NCc3ccc4c(c3)C3(c5ccccc5Oc5ccccc53)c3c-4c4ccccc4c4ccccc34)c(-c3ccccc3)c2)cc1. The largest absolute Gasteiger partial charge is 0.457 e. The molecule has 1 aromatic heterocycles. The summed E-state index contributed by atoms with van der Waals surface area (Å²) in [7, 11) is 0. The second-order valence-corrected chi connectivity index (χ2v) is 14.3. The number of hydrogen-bond acceptors (Lipinski definition) is 3. The maximum atomic E-state index is 6.71. The van der Waals surface area contributed by atoms with Crippen molar-refractivity contribution < 1.29 is 4.74 Å². The fraction of sp³-hybridized carbons (Fsp3) is 0.0392. The number of nitrogens with zero attached hydrogens (tertiary/aromatic N) is 1. The van der Waals surface area contributed by atoms with Gasteiger partial charge in [-0.3, -0.25) is 0 Å². The summed E-state index contributed by atoms with van der Waals surface area (Å²) in [5.74, 6) is 2.65. The van der Waals surface area contributed by atoms with E-state index in [0.717, 1.165) is 39.6 Å². The molecule has 0 saturated carbocycles. The van der Waals surface area contributed by atoms with Crippen molar-refractivity contribution in [1.82, 2.24) is 4.98 Å². The summed E-state index contributed by atoms with van der Waals surface area (Å²) in [4.78, 5) is 5.03. The standard InChI is InChI=1S/C51H34N2O/c1-3-15-34(16-4-1)36-30-42(35-17-5-2-6-18-35)50(53-32-36)52-31-33-27-28-41-45(29-33)51(43-23-11-13-25-46(43)54-47-26-14-12-24-44(47)51)49-40-22-10-8-20-38(40)37-19-7-9-21-39(37)48(41)49/h1-30,32H,31H2,(H,52,53). The summed E-state index contributed by atoms with van der Waals surface area (Å²) in [6, 6.07) is 65.4. The normalized spacial score (nSPS) is 13.2. The molecule has 0 amide bonds. The zero-order valence-electron chi connectivity index (χ0n) is 29.5. The highest BCUT2D eigenvalue weighted by Gasteiger charge is 2.52. The van der Waals surface area contributed by atoms with Gasteiger partial charge in [-0.1, -0.05) is 164 Å². The lowest BCUT2D eigenvalue weighted by Gasteiger charge is -2.40. The number of fused-ring (bicyclic) bond motifs is 14. The lowest BCUT2D eigenvalue weighted by atomic mass is 9.65. The van der Waals surface area contributed by atoms with Crippen LogP contribution in [-0.4, -0.2) is 4.98 Å². The Morgan fingerprint density at radius 2 is 1.04 bits per heavy atom. The van der Waals surface area contributed by atoms with Crippen molar-refractivity contribution in [3.05, 3.63) is 216 Å². The predicted octanol–water partition coefficient (Wildman–Crippen LogP) is 12.8. The van der Waals surface area contributed by atoms with Gasteiger partial charge in [0.15, 0.2) is 0 Å². The highest BCUT2D eigenvalue weighted by atomic mass is 16.5. The van der Waals surface area contributed by atoms with E-state index in [9.17, 15) is 0 Å². The van der Waals surface area contributed by atoms with Crippen LogP contribution in [-0.2, 0) is 12.0 Å². The average molecular weight is 691 g/mol. The van der Waals surface area contributed by atoms with Gasteiger partial charge in [0.05, 0.1) is 5.41 Å². The molecule has 1 spiro atoms. The molecule has 254 valence electrons. The smallest absolute Gasteiger partial charge is 0.134 e. The summed E-state index contributed by atoms with van der Waals surface area (Å²) in [6.45, 7) is 0.610. The maximum absolute atomic E-state index is 6.71. The first-order valence-electron chi connectivity index (χ1n) is 18.6. The lowest BCUT2D eigenvalue weighted by Crippen LogP contribution is -2.32. The van der Waals surface area contributed by atoms with Gasteiger partial charge in [0.25, 0.3) is 0 Å². The van der Waals surface area contributed by atoms with Crippen LogP contribution in [0.3, 0.4) is 0 Å². The van der Waals surface area contributed by atoms with Crippen molar-refractivity contribution >= 4 is 27.4 Å². The molecular weight excluding hydrogens is 657 g/mol. The molecule has 3 nitrogen and oxygen atoms in total. The Kier molecular flexibility index (Phi) is 6.83. The molecule has 1 aliphatic carbocycles. The van der Waals surface area contributed by atoms with Crippen molar-refractivity contribution in [1.29, 1.82) is 0 Å². The molecule has 54 heavy (non-hydrogen) atoms. The number of nitrogens with one attached hydrogen (secondary N) is 1. The number of pyridine rings is 1. The van der Waals surface area contributed by atoms with Crippen LogP contribution in [0.1, 0.15) is 27.8 Å². The van der Waals surface area contributed by atoms with Crippen LogP contribution in [0.5, 0.6) is 11.5 Å². The van der Waals surface area contributed by atoms with E-state index in [1.165, 1.54) is 60.5 Å². The minimum atomic E-state index is -0.597. The first-order valence-corrected chi connectivity index (χ1v) is 18.6. The summed E-state index contributed by atoms with van der Waals surface area (Å²) in [5.41, 5.74) is 12.5. The second-order valence-electron chi connectivity index (χ2n) is 14.3. The number of ether oxygens (including phenoxy) is 1. The van der Waals surface area contributed by atoms with Crippen molar-refractivity contribution in [2.45, 2.75) is 12.0 Å². The molecule has 0 unspecified atom stereocenters. The quantitative estimate of drug-likeness (QED) is 0.183. The number of aromatic nitrogens is 1. The number of para-hydroxylation sites is 2. The topological polar surface area (TPSA) is 34.2 Å². The zero-order chi connectivity index (χ0) is 35.6. The van der Waals surface area contributed by atoms with Gasteiger partial charge >= 0.3 is 0 Å². The summed E-state index contributed by atoms with van der Waals surface area (Å²) in [6.07, 6.45) is 1.98. The predicted molar refractivity (Wildman–Crippen MR) is 221 cm³/mol. The third-order valence-electron chi connectivity index (χ3n) is 11.4. The van der Waals surface area contributed by atoms with Crippen LogP contribution in [0, 0.1) is 0 Å². The molecule has 0 fully saturated rings. The van der Waals surface area contributed by atoms with Crippen LogP contribution in [0.4, 0.5) is 5.82 Å². The number of anilines is 1. The van der Waals surface area contributed by atoms with Gasteiger partial charge in [-0.15, -0.1) is 0 Å². The fourth-order valence-electron chi connectivity index (χ4n) is 9.15. The fourth-order valence-corrected chi connectivity index (χ4v) is 9.15. The number of hydrogen-bond donors (Lipinski definition) is 1. The molecule has 0 saturated heterocycles. The first kappa shape index (κ1) is 30.6. The molecule has 2 heterocycles. The van der Waals surface area contributed by atoms with E-state index in [0.29, 0.717) is 6.54 Å². The second kappa shape index (κ2) is 12.0. The van der Waals surface area contributed by atoms with Gasteiger partial charge in [-0.25, -0.2) is 4.98 Å². The van der Waals surface area contributed by atoms with E-state index >= 15 is 0 Å². The van der Waals surface area contributed by atoms with E-state index in [1.807, 2.05) is 12.3 Å². The van der Waals surface area contributed by atoms with Gasteiger partial charge in [0, 0.05) is 35.0 Å². The van der Waals surface area contributed by atoms with Crippen molar-refractivity contribution in [2.24, 2.45) is 0 Å². The van der Waals surface area contributed by atoms with Gasteiger partial charge in [0.2, 0.25) is 0 Å². The molecule has 0 radical (unpaired) electrons. The third-order valence-corrected chi connectivity index (χ3v) is 11.4. The Morgan fingerprint density at radius 1 is 0.463 bits per heavy atom. The Hall–Kier alpha value is -6.97. The van der Waals surface area contributed by atoms with E-state index in [-0.39, 0.29) is 0 Å². The van der Waals surface area contributed by atoms with Crippen LogP contribution in [0.25, 0.3) is 54.9 Å². The van der Waals surface area contributed by atoms with E-state index in [4.69, 9.17) is 9.72 Å². The van der Waals surface area contributed by atoms with Crippen LogP contribution >= 0.6 is 0 Å². The molecule has 8 aromatic carbocycles. The van der Waals surface area contributed by atoms with E-state index in [2.05, 4.69) is 181 Å². The first-order chi connectivity index (χ1) is 26.8. The molecule has 1 N–H and O–H groups in total. The molecule has 3 heteroatoms. The summed E-state index contributed by atoms with van der Waals surface area (Å²) in [5, 5.41) is 8.85. The van der Waals surface area contributed by atoms with Crippen LogP contribution in [0.2, 0.25) is 0 Å². The molecule has 0 bridgehead atoms. The minimum Gasteiger partial charge on any atom is -0.457 e. The highest BCUT2D eigenvalue weighted by molar-refractivity contribution is 6.19. The lowest BCUT2D eigenvalue weighted by molar-refractivity contribution is 0.437. The van der Waals surface area contributed by atoms with Gasteiger partial charge in [-0.2, -0.15) is 0 Å². The van der Waals surface area contributed by atoms with Gasteiger partial charge in [-0.05, 0) is 78.7 Å².